The van der Waals surface area contributed by atoms with Gasteiger partial charge in [-0.2, -0.15) is 0 Å². The first kappa shape index (κ1) is 25.4. The van der Waals surface area contributed by atoms with Gasteiger partial charge in [-0.3, -0.25) is 19.3 Å². The minimum atomic E-state index is -1.86. The van der Waals surface area contributed by atoms with Crippen molar-refractivity contribution < 1.29 is 68.4 Å². The molecule has 160 valence electrons. The fraction of sp³-hybridized carbons (Fsp3) is 0.368. The standard InChI is InChI=1S/C19H20N2O8S.Na/c1-10(22)29-8-12-9-30-18-19(28-2,17(27)21(18)13(12)16(25)26)20-15(24)14(23)11-6-4-3-5-7-11;/h3-7,14,18,23H,8-9H2,1-2H3,(H,20,24)(H,25,26);/q;+1/p-1/t14?,18-,19?;/m1./s1. The molecule has 31 heavy (non-hydrogen) atoms. The number of hydrogen-bond donors (Lipinski definition) is 2. The van der Waals surface area contributed by atoms with Gasteiger partial charge >= 0.3 is 35.5 Å². The minimum Gasteiger partial charge on any atom is -0.543 e. The molecule has 2 unspecified atom stereocenters. The van der Waals surface area contributed by atoms with E-state index >= 15 is 0 Å². The van der Waals surface area contributed by atoms with Gasteiger partial charge in [0.15, 0.2) is 6.10 Å². The summed E-state index contributed by atoms with van der Waals surface area (Å²) in [5.41, 5.74) is -1.76. The van der Waals surface area contributed by atoms with Gasteiger partial charge < -0.3 is 29.8 Å². The summed E-state index contributed by atoms with van der Waals surface area (Å²) in [6.45, 7) is 0.873. The Labute approximate surface area is 204 Å². The number of thioether (sulfide) groups is 1. The van der Waals surface area contributed by atoms with Crippen molar-refractivity contribution in [2.24, 2.45) is 0 Å². The molecule has 2 aliphatic rings. The van der Waals surface area contributed by atoms with Gasteiger partial charge in [0, 0.05) is 25.4 Å². The number of β-lactam (4-membered cyclic amide) rings is 1. The molecule has 1 saturated heterocycles. The fourth-order valence-corrected chi connectivity index (χ4v) is 4.69. The zero-order valence-corrected chi connectivity index (χ0v) is 19.9. The van der Waals surface area contributed by atoms with Crippen molar-refractivity contribution in [2.75, 3.05) is 19.5 Å². The first-order chi connectivity index (χ1) is 14.2. The van der Waals surface area contributed by atoms with E-state index in [9.17, 15) is 29.4 Å². The Kier molecular flexibility index (Phi) is 8.31. The van der Waals surface area contributed by atoms with Crippen molar-refractivity contribution in [1.29, 1.82) is 0 Å². The van der Waals surface area contributed by atoms with Gasteiger partial charge in [-0.15, -0.1) is 11.8 Å². The number of ether oxygens (including phenoxy) is 2. The summed E-state index contributed by atoms with van der Waals surface area (Å²) < 4.78 is 10.2. The fourth-order valence-electron chi connectivity index (χ4n) is 3.27. The van der Waals surface area contributed by atoms with Crippen LogP contribution in [0.15, 0.2) is 41.6 Å². The van der Waals surface area contributed by atoms with Crippen LogP contribution in [-0.4, -0.2) is 64.3 Å². The number of aliphatic carboxylic acids is 1. The molecule has 2 aliphatic heterocycles. The molecule has 0 aromatic heterocycles. The van der Waals surface area contributed by atoms with Crippen LogP contribution in [-0.2, 0) is 28.7 Å². The number of benzene rings is 1. The van der Waals surface area contributed by atoms with Crippen molar-refractivity contribution in [3.8, 4) is 0 Å². The van der Waals surface area contributed by atoms with Gasteiger partial charge in [-0.05, 0) is 5.56 Å². The second-order valence-corrected chi connectivity index (χ2v) is 7.67. The van der Waals surface area contributed by atoms with Crippen LogP contribution in [0.4, 0.5) is 0 Å². The minimum absolute atomic E-state index is 0. The number of hydrogen-bond acceptors (Lipinski definition) is 9. The molecule has 1 fully saturated rings. The third-order valence-electron chi connectivity index (χ3n) is 4.75. The molecule has 1 aromatic rings. The van der Waals surface area contributed by atoms with Crippen molar-refractivity contribution >= 4 is 35.5 Å². The topological polar surface area (TPSA) is 145 Å². The maximum absolute atomic E-state index is 12.9. The van der Waals surface area contributed by atoms with Crippen molar-refractivity contribution in [3.63, 3.8) is 0 Å². The van der Waals surface area contributed by atoms with Crippen LogP contribution in [0.2, 0.25) is 0 Å². The van der Waals surface area contributed by atoms with E-state index in [1.54, 1.807) is 30.3 Å². The first-order valence-electron chi connectivity index (χ1n) is 8.85. The normalized spacial score (nSPS) is 23.1. The molecule has 0 radical (unpaired) electrons. The molecule has 0 aliphatic carbocycles. The Bertz CT molecular complexity index is 925. The predicted octanol–water partition coefficient (Wildman–Crippen LogP) is -4.33. The van der Waals surface area contributed by atoms with Gasteiger partial charge in [0.2, 0.25) is 0 Å². The van der Waals surface area contributed by atoms with E-state index in [1.165, 1.54) is 14.0 Å². The Morgan fingerprint density at radius 3 is 2.55 bits per heavy atom. The third kappa shape index (κ3) is 4.66. The summed E-state index contributed by atoms with van der Waals surface area (Å²) in [6.07, 6.45) is -1.55. The van der Waals surface area contributed by atoms with E-state index in [1.807, 2.05) is 0 Å². The molecule has 3 rings (SSSR count). The van der Waals surface area contributed by atoms with Crippen LogP contribution < -0.4 is 40.0 Å². The van der Waals surface area contributed by atoms with Crippen molar-refractivity contribution in [2.45, 2.75) is 24.1 Å². The number of methoxy groups -OCH3 is 1. The Morgan fingerprint density at radius 2 is 2.00 bits per heavy atom. The number of aliphatic hydroxyl groups is 1. The number of nitrogens with one attached hydrogen (secondary N) is 1. The number of aliphatic hydroxyl groups excluding tert-OH is 1. The second kappa shape index (κ2) is 10.2. The average Bonchev–Trinajstić information content (AvgIpc) is 2.74. The molecule has 2 amide bonds. The largest absolute Gasteiger partial charge is 1.00 e. The molecule has 2 N–H and O–H groups in total. The number of fused-ring (bicyclic) bond motifs is 1. The van der Waals surface area contributed by atoms with Crippen molar-refractivity contribution in [1.82, 2.24) is 10.2 Å². The summed E-state index contributed by atoms with van der Waals surface area (Å²) in [4.78, 5) is 49.1. The number of esters is 1. The zero-order valence-electron chi connectivity index (χ0n) is 17.1. The molecule has 0 spiro atoms. The van der Waals surface area contributed by atoms with E-state index in [0.717, 1.165) is 16.7 Å². The summed E-state index contributed by atoms with van der Waals surface area (Å²) in [5, 5.41) is 23.5. The van der Waals surface area contributed by atoms with Gasteiger partial charge in [-0.1, -0.05) is 30.3 Å². The second-order valence-electron chi connectivity index (χ2n) is 6.60. The number of carbonyl (C=O) groups is 4. The Balaban J connectivity index is 0.00000341. The Hall–Kier alpha value is -1.89. The molecule has 10 nitrogen and oxygen atoms in total. The van der Waals surface area contributed by atoms with Crippen LogP contribution in [0.25, 0.3) is 0 Å². The molecular weight excluding hydrogens is 439 g/mol. The van der Waals surface area contributed by atoms with E-state index < -0.39 is 46.7 Å². The van der Waals surface area contributed by atoms with Crippen LogP contribution in [0.1, 0.15) is 18.6 Å². The molecular formula is C19H19N2NaO8S. The van der Waals surface area contributed by atoms with Gasteiger partial charge in [-0.25, -0.2) is 0 Å². The van der Waals surface area contributed by atoms with Gasteiger partial charge in [0.1, 0.15) is 12.0 Å². The monoisotopic (exact) mass is 458 g/mol. The van der Waals surface area contributed by atoms with Gasteiger partial charge in [0.25, 0.3) is 17.5 Å². The third-order valence-corrected chi connectivity index (χ3v) is 6.12. The van der Waals surface area contributed by atoms with E-state index in [-0.39, 0.29) is 47.5 Å². The predicted molar refractivity (Wildman–Crippen MR) is 101 cm³/mol. The maximum atomic E-state index is 12.9. The summed E-state index contributed by atoms with van der Waals surface area (Å²) in [5.74, 6) is -3.82. The van der Waals surface area contributed by atoms with Crippen LogP contribution >= 0.6 is 11.8 Å². The number of nitrogens with zero attached hydrogens (tertiary/aromatic N) is 1. The van der Waals surface area contributed by atoms with Crippen LogP contribution in [0.3, 0.4) is 0 Å². The van der Waals surface area contributed by atoms with E-state index in [4.69, 9.17) is 9.47 Å². The average molecular weight is 458 g/mol. The summed E-state index contributed by atoms with van der Waals surface area (Å²) >= 11 is 1.12. The van der Waals surface area contributed by atoms with E-state index in [0.29, 0.717) is 5.56 Å². The van der Waals surface area contributed by atoms with Gasteiger partial charge in [0.05, 0.1) is 11.7 Å². The summed E-state index contributed by atoms with van der Waals surface area (Å²) in [6, 6.07) is 8.11. The molecule has 2 heterocycles. The first-order valence-corrected chi connectivity index (χ1v) is 9.90. The van der Waals surface area contributed by atoms with Crippen LogP contribution in [0.5, 0.6) is 0 Å². The molecule has 0 bridgehead atoms. The number of carbonyl (C=O) groups excluding carboxylic acids is 4. The Morgan fingerprint density at radius 1 is 1.35 bits per heavy atom. The SMILES string of the molecule is COC1(NC(=O)C(O)c2ccccc2)C(=O)N2C(C(=O)[O-])=C(COC(C)=O)CS[C@@H]21.[Na+]. The number of carboxylic acids is 1. The zero-order chi connectivity index (χ0) is 22.1. The smallest absolute Gasteiger partial charge is 0.543 e. The quantitative estimate of drug-likeness (QED) is 0.179. The van der Waals surface area contributed by atoms with Crippen molar-refractivity contribution in [3.05, 3.63) is 47.2 Å². The molecule has 3 atom stereocenters. The number of carboxylic acid groups (broad SMARTS) is 1. The molecule has 1 aromatic carbocycles. The number of rotatable bonds is 7. The molecule has 12 heteroatoms. The number of amides is 2. The molecule has 0 saturated carbocycles. The van der Waals surface area contributed by atoms with Crippen LogP contribution in [0, 0.1) is 0 Å². The van der Waals surface area contributed by atoms with E-state index in [2.05, 4.69) is 5.32 Å². The summed E-state index contributed by atoms with van der Waals surface area (Å²) in [7, 11) is 1.20. The maximum Gasteiger partial charge on any atom is 1.00 e.